The van der Waals surface area contributed by atoms with E-state index in [1.54, 1.807) is 36.4 Å². The largest absolute Gasteiger partial charge is 0.451 e. The van der Waals surface area contributed by atoms with E-state index >= 15 is 0 Å². The van der Waals surface area contributed by atoms with Gasteiger partial charge in [0.25, 0.3) is 11.8 Å². The minimum atomic E-state index is -0.694. The second-order valence-electron chi connectivity index (χ2n) is 5.54. The number of esters is 1. The Morgan fingerprint density at radius 2 is 1.85 bits per heavy atom. The number of carbonyl (C=O) groups is 3. The Hall–Kier alpha value is -3.26. The number of hydrogen-bond acceptors (Lipinski definition) is 5. The lowest BCUT2D eigenvalue weighted by Crippen LogP contribution is -2.21. The zero-order chi connectivity index (χ0) is 19.4. The molecule has 0 saturated heterocycles. The van der Waals surface area contributed by atoms with Crippen molar-refractivity contribution in [2.75, 3.05) is 19.0 Å². The molecule has 27 heavy (non-hydrogen) atoms. The normalized spacial score (nSPS) is 10.4. The fourth-order valence-corrected chi connectivity index (χ4v) is 3.34. The van der Waals surface area contributed by atoms with Gasteiger partial charge in [0.05, 0.1) is 0 Å². The van der Waals surface area contributed by atoms with Crippen LogP contribution in [0.25, 0.3) is 10.1 Å². The highest BCUT2D eigenvalue weighted by Gasteiger charge is 2.15. The number of hydrogen-bond donors (Lipinski definition) is 2. The number of fused-ring (bicyclic) bond motifs is 1. The SMILES string of the molecule is CNC(=O)c1ccc(NC(=O)COC(=O)c2cc3c(F)cccc3s2)cc1. The molecule has 0 aliphatic carbocycles. The summed E-state index contributed by atoms with van der Waals surface area (Å²) in [7, 11) is 1.53. The Morgan fingerprint density at radius 3 is 2.52 bits per heavy atom. The molecular weight excluding hydrogens is 371 g/mol. The molecule has 0 radical (unpaired) electrons. The molecule has 0 spiro atoms. The van der Waals surface area contributed by atoms with Gasteiger partial charge in [0, 0.05) is 28.4 Å². The maximum Gasteiger partial charge on any atom is 0.348 e. The lowest BCUT2D eigenvalue weighted by atomic mass is 10.2. The van der Waals surface area contributed by atoms with Crippen molar-refractivity contribution in [2.24, 2.45) is 0 Å². The first-order valence-electron chi connectivity index (χ1n) is 7.95. The molecule has 0 saturated carbocycles. The number of amides is 2. The van der Waals surface area contributed by atoms with Crippen LogP contribution in [0.15, 0.2) is 48.5 Å². The summed E-state index contributed by atoms with van der Waals surface area (Å²) in [6, 6.07) is 12.2. The van der Waals surface area contributed by atoms with Crippen molar-refractivity contribution in [3.8, 4) is 0 Å². The molecule has 2 aromatic carbocycles. The van der Waals surface area contributed by atoms with Gasteiger partial charge in [-0.1, -0.05) is 6.07 Å². The highest BCUT2D eigenvalue weighted by atomic mass is 32.1. The molecule has 1 heterocycles. The molecule has 8 heteroatoms. The van der Waals surface area contributed by atoms with Crippen molar-refractivity contribution >= 4 is 44.9 Å². The molecule has 0 aliphatic heterocycles. The molecule has 0 bridgehead atoms. The van der Waals surface area contributed by atoms with Crippen molar-refractivity contribution in [3.63, 3.8) is 0 Å². The lowest BCUT2D eigenvalue weighted by Gasteiger charge is -2.07. The molecular formula is C19H15FN2O4S. The van der Waals surface area contributed by atoms with Gasteiger partial charge < -0.3 is 15.4 Å². The number of ether oxygens (including phenoxy) is 1. The topological polar surface area (TPSA) is 84.5 Å². The van der Waals surface area contributed by atoms with Gasteiger partial charge in [-0.3, -0.25) is 9.59 Å². The van der Waals surface area contributed by atoms with Crippen molar-refractivity contribution in [1.29, 1.82) is 0 Å². The zero-order valence-electron chi connectivity index (χ0n) is 14.2. The molecule has 2 N–H and O–H groups in total. The van der Waals surface area contributed by atoms with Gasteiger partial charge in [0.15, 0.2) is 6.61 Å². The van der Waals surface area contributed by atoms with E-state index < -0.39 is 24.3 Å². The van der Waals surface area contributed by atoms with Crippen LogP contribution in [0.4, 0.5) is 10.1 Å². The number of thiophene rings is 1. The second kappa shape index (κ2) is 7.96. The molecule has 0 unspecified atom stereocenters. The summed E-state index contributed by atoms with van der Waals surface area (Å²) in [5, 5.41) is 5.40. The van der Waals surface area contributed by atoms with Crippen LogP contribution in [0, 0.1) is 5.82 Å². The summed E-state index contributed by atoms with van der Waals surface area (Å²) in [4.78, 5) is 35.7. The third-order valence-corrected chi connectivity index (χ3v) is 4.78. The number of nitrogens with one attached hydrogen (secondary N) is 2. The predicted octanol–water partition coefficient (Wildman–Crippen LogP) is 3.20. The van der Waals surface area contributed by atoms with Gasteiger partial charge >= 0.3 is 5.97 Å². The molecule has 138 valence electrons. The summed E-state index contributed by atoms with van der Waals surface area (Å²) >= 11 is 1.10. The van der Waals surface area contributed by atoms with Crippen molar-refractivity contribution in [3.05, 3.63) is 64.8 Å². The van der Waals surface area contributed by atoms with Crippen molar-refractivity contribution in [2.45, 2.75) is 0 Å². The summed E-state index contributed by atoms with van der Waals surface area (Å²) in [5.41, 5.74) is 0.923. The first-order chi connectivity index (χ1) is 13.0. The van der Waals surface area contributed by atoms with E-state index in [0.29, 0.717) is 21.3 Å². The van der Waals surface area contributed by atoms with E-state index in [0.717, 1.165) is 11.3 Å². The summed E-state index contributed by atoms with van der Waals surface area (Å²) < 4.78 is 19.3. The number of carbonyl (C=O) groups excluding carboxylic acids is 3. The first-order valence-corrected chi connectivity index (χ1v) is 8.77. The van der Waals surface area contributed by atoms with E-state index in [1.165, 1.54) is 19.2 Å². The van der Waals surface area contributed by atoms with E-state index in [4.69, 9.17) is 4.74 Å². The Bertz CT molecular complexity index is 1010. The summed E-state index contributed by atoms with van der Waals surface area (Å²) in [5.74, 6) is -1.87. The minimum Gasteiger partial charge on any atom is -0.451 e. The van der Waals surface area contributed by atoms with Crippen LogP contribution in [0.1, 0.15) is 20.0 Å². The number of benzene rings is 2. The Kier molecular flexibility index (Phi) is 5.46. The van der Waals surface area contributed by atoms with Crippen molar-refractivity contribution in [1.82, 2.24) is 5.32 Å². The number of halogens is 1. The second-order valence-corrected chi connectivity index (χ2v) is 6.63. The summed E-state index contributed by atoms with van der Waals surface area (Å²) in [6.45, 7) is -0.479. The average Bonchev–Trinajstić information content (AvgIpc) is 3.12. The number of anilines is 1. The van der Waals surface area contributed by atoms with Crippen LogP contribution in [0.3, 0.4) is 0 Å². The number of rotatable bonds is 5. The van der Waals surface area contributed by atoms with Gasteiger partial charge in [0.1, 0.15) is 10.7 Å². The predicted molar refractivity (Wildman–Crippen MR) is 101 cm³/mol. The highest BCUT2D eigenvalue weighted by molar-refractivity contribution is 7.20. The maximum absolute atomic E-state index is 13.7. The third kappa shape index (κ3) is 4.29. The smallest absolute Gasteiger partial charge is 0.348 e. The lowest BCUT2D eigenvalue weighted by molar-refractivity contribution is -0.119. The molecule has 1 aromatic heterocycles. The van der Waals surface area contributed by atoms with Crippen LogP contribution < -0.4 is 10.6 Å². The molecule has 0 atom stereocenters. The Balaban J connectivity index is 1.57. The van der Waals surface area contributed by atoms with Crippen LogP contribution in [-0.2, 0) is 9.53 Å². The van der Waals surface area contributed by atoms with E-state index in [-0.39, 0.29) is 10.8 Å². The minimum absolute atomic E-state index is 0.220. The van der Waals surface area contributed by atoms with E-state index in [1.807, 2.05) is 0 Å². The molecule has 3 rings (SSSR count). The van der Waals surface area contributed by atoms with Gasteiger partial charge in [0.2, 0.25) is 0 Å². The molecule has 0 fully saturated rings. The van der Waals surface area contributed by atoms with Gasteiger partial charge in [-0.2, -0.15) is 0 Å². The van der Waals surface area contributed by atoms with Gasteiger partial charge in [-0.25, -0.2) is 9.18 Å². The highest BCUT2D eigenvalue weighted by Crippen LogP contribution is 2.28. The standard InChI is InChI=1S/C19H15FN2O4S/c1-21-18(24)11-5-7-12(8-6-11)22-17(23)10-26-19(25)16-9-13-14(20)3-2-4-15(13)27-16/h2-9H,10H2,1H3,(H,21,24)(H,22,23). The summed E-state index contributed by atoms with van der Waals surface area (Å²) in [6.07, 6.45) is 0. The monoisotopic (exact) mass is 386 g/mol. The van der Waals surface area contributed by atoms with Gasteiger partial charge in [-0.05, 0) is 42.5 Å². The quantitative estimate of drug-likeness (QED) is 0.660. The van der Waals surface area contributed by atoms with Crippen LogP contribution in [0.2, 0.25) is 0 Å². The fraction of sp³-hybridized carbons (Fsp3) is 0.105. The van der Waals surface area contributed by atoms with Crippen molar-refractivity contribution < 1.29 is 23.5 Å². The van der Waals surface area contributed by atoms with E-state index in [2.05, 4.69) is 10.6 Å². The maximum atomic E-state index is 13.7. The van der Waals surface area contributed by atoms with Crippen LogP contribution >= 0.6 is 11.3 Å². The van der Waals surface area contributed by atoms with Gasteiger partial charge in [-0.15, -0.1) is 11.3 Å². The molecule has 3 aromatic rings. The van der Waals surface area contributed by atoms with Crippen LogP contribution in [-0.4, -0.2) is 31.4 Å². The van der Waals surface area contributed by atoms with Crippen LogP contribution in [0.5, 0.6) is 0 Å². The third-order valence-electron chi connectivity index (χ3n) is 3.70. The molecule has 6 nitrogen and oxygen atoms in total. The Morgan fingerprint density at radius 1 is 1.11 bits per heavy atom. The Labute approximate surface area is 157 Å². The molecule has 0 aliphatic rings. The fourth-order valence-electron chi connectivity index (χ4n) is 2.37. The zero-order valence-corrected chi connectivity index (χ0v) is 15.1. The molecule has 2 amide bonds. The van der Waals surface area contributed by atoms with E-state index in [9.17, 15) is 18.8 Å². The average molecular weight is 386 g/mol. The first kappa shape index (κ1) is 18.5.